The molecule has 150 valence electrons. The van der Waals surface area contributed by atoms with Crippen LogP contribution in [0.1, 0.15) is 10.4 Å². The number of nitrogens with zero attached hydrogens (tertiary/aromatic N) is 3. The van der Waals surface area contributed by atoms with Crippen molar-refractivity contribution in [2.75, 3.05) is 6.61 Å². The van der Waals surface area contributed by atoms with Gasteiger partial charge in [-0.25, -0.2) is 4.79 Å². The van der Waals surface area contributed by atoms with E-state index in [0.717, 1.165) is 0 Å². The molecule has 4 aromatic rings. The molecule has 9 nitrogen and oxygen atoms in total. The average Bonchev–Trinajstić information content (AvgIpc) is 3.06. The molecule has 0 bridgehead atoms. The molecule has 0 saturated heterocycles. The van der Waals surface area contributed by atoms with Gasteiger partial charge in [-0.05, 0) is 24.3 Å². The Hall–Kier alpha value is -4.27. The van der Waals surface area contributed by atoms with E-state index in [1.165, 1.54) is 24.3 Å². The lowest BCUT2D eigenvalue weighted by molar-refractivity contribution is -0.385. The van der Waals surface area contributed by atoms with Crippen LogP contribution in [0, 0.1) is 20.2 Å². The number of carbonyl (C=O) groups is 1. The average molecular weight is 405 g/mol. The highest BCUT2D eigenvalue weighted by Gasteiger charge is 2.18. The zero-order valence-electron chi connectivity index (χ0n) is 15.6. The Balaban J connectivity index is 1.71. The highest BCUT2D eigenvalue weighted by molar-refractivity contribution is 6.09. The molecule has 3 aromatic carbocycles. The van der Waals surface area contributed by atoms with Crippen LogP contribution in [0.2, 0.25) is 0 Å². The van der Waals surface area contributed by atoms with Crippen molar-refractivity contribution in [3.05, 3.63) is 92.5 Å². The van der Waals surface area contributed by atoms with Gasteiger partial charge in [-0.15, -0.1) is 0 Å². The second-order valence-corrected chi connectivity index (χ2v) is 6.57. The summed E-state index contributed by atoms with van der Waals surface area (Å²) in [6.45, 7) is 0.356. The van der Waals surface area contributed by atoms with Gasteiger partial charge in [-0.1, -0.05) is 18.2 Å². The van der Waals surface area contributed by atoms with Crippen LogP contribution in [-0.4, -0.2) is 27.0 Å². The number of hydrogen-bond donors (Lipinski definition) is 0. The summed E-state index contributed by atoms with van der Waals surface area (Å²) in [5.41, 5.74) is 1.54. The van der Waals surface area contributed by atoms with Crippen LogP contribution in [0.15, 0.2) is 66.7 Å². The van der Waals surface area contributed by atoms with Gasteiger partial charge in [-0.2, -0.15) is 0 Å². The summed E-state index contributed by atoms with van der Waals surface area (Å²) in [6, 6.07) is 17.3. The van der Waals surface area contributed by atoms with Gasteiger partial charge in [0.15, 0.2) is 0 Å². The van der Waals surface area contributed by atoms with Crippen LogP contribution in [-0.2, 0) is 11.3 Å². The Kier molecular flexibility index (Phi) is 4.85. The first-order valence-corrected chi connectivity index (χ1v) is 9.02. The first-order valence-electron chi connectivity index (χ1n) is 9.02. The van der Waals surface area contributed by atoms with E-state index in [0.29, 0.717) is 27.4 Å². The van der Waals surface area contributed by atoms with E-state index in [1.54, 1.807) is 42.5 Å². The predicted molar refractivity (Wildman–Crippen MR) is 109 cm³/mol. The normalized spacial score (nSPS) is 10.9. The van der Waals surface area contributed by atoms with E-state index in [-0.39, 0.29) is 24.5 Å². The van der Waals surface area contributed by atoms with Crippen molar-refractivity contribution in [1.29, 1.82) is 0 Å². The molecular formula is C21H15N3O6. The van der Waals surface area contributed by atoms with Gasteiger partial charge in [0.2, 0.25) is 0 Å². The third-order valence-electron chi connectivity index (χ3n) is 4.81. The van der Waals surface area contributed by atoms with Crippen molar-refractivity contribution in [2.24, 2.45) is 0 Å². The summed E-state index contributed by atoms with van der Waals surface area (Å²) >= 11 is 0. The molecule has 0 spiro atoms. The number of non-ortho nitro benzene ring substituents is 2. The molecule has 0 unspecified atom stereocenters. The van der Waals surface area contributed by atoms with Crippen LogP contribution < -0.4 is 0 Å². The predicted octanol–water partition coefficient (Wildman–Crippen LogP) is 4.47. The number of benzene rings is 3. The van der Waals surface area contributed by atoms with Crippen LogP contribution >= 0.6 is 0 Å². The van der Waals surface area contributed by atoms with E-state index < -0.39 is 15.8 Å². The van der Waals surface area contributed by atoms with Gasteiger partial charge in [0.05, 0.1) is 22.0 Å². The van der Waals surface area contributed by atoms with Crippen LogP contribution in [0.25, 0.3) is 21.8 Å². The van der Waals surface area contributed by atoms with Crippen molar-refractivity contribution in [3.8, 4) is 0 Å². The van der Waals surface area contributed by atoms with Gasteiger partial charge >= 0.3 is 5.97 Å². The zero-order chi connectivity index (χ0) is 21.3. The second kappa shape index (κ2) is 7.63. The fraction of sp³-hybridized carbons (Fsp3) is 0.0952. The minimum atomic E-state index is -0.512. The molecule has 0 atom stereocenters. The van der Waals surface area contributed by atoms with Gasteiger partial charge in [0.25, 0.3) is 11.4 Å². The van der Waals surface area contributed by atoms with E-state index >= 15 is 0 Å². The lowest BCUT2D eigenvalue weighted by Gasteiger charge is -2.09. The maximum Gasteiger partial charge on any atom is 0.338 e. The molecule has 9 heteroatoms. The van der Waals surface area contributed by atoms with Gasteiger partial charge in [-0.3, -0.25) is 20.2 Å². The van der Waals surface area contributed by atoms with Gasteiger partial charge < -0.3 is 9.30 Å². The number of carbonyl (C=O) groups excluding carboxylic acids is 1. The standard InChI is InChI=1S/C21H15N3O6/c25-21(14-4-2-1-3-5-14)30-11-10-22-19-8-6-15(23(26)27)12-17(19)18-13-16(24(28)29)7-9-20(18)22/h1-9,12-13H,10-11H2. The molecule has 0 fully saturated rings. The van der Waals surface area contributed by atoms with E-state index in [1.807, 2.05) is 4.57 Å². The zero-order valence-corrected chi connectivity index (χ0v) is 15.6. The molecule has 0 amide bonds. The smallest absolute Gasteiger partial charge is 0.338 e. The molecule has 0 saturated carbocycles. The van der Waals surface area contributed by atoms with E-state index in [9.17, 15) is 25.0 Å². The summed E-state index contributed by atoms with van der Waals surface area (Å²) in [4.78, 5) is 33.5. The molecule has 0 aliphatic carbocycles. The van der Waals surface area contributed by atoms with Gasteiger partial charge in [0, 0.05) is 46.1 Å². The first kappa shape index (κ1) is 19.1. The van der Waals surface area contributed by atoms with Crippen molar-refractivity contribution in [1.82, 2.24) is 4.57 Å². The number of hydrogen-bond acceptors (Lipinski definition) is 6. The number of ether oxygens (including phenoxy) is 1. The Morgan fingerprint density at radius 1 is 0.833 bits per heavy atom. The van der Waals surface area contributed by atoms with E-state index in [2.05, 4.69) is 0 Å². The fourth-order valence-corrected chi connectivity index (χ4v) is 3.44. The minimum absolute atomic E-state index is 0.0700. The van der Waals surface area contributed by atoms with E-state index in [4.69, 9.17) is 4.74 Å². The number of fused-ring (bicyclic) bond motifs is 3. The maximum atomic E-state index is 12.2. The maximum absolute atomic E-state index is 12.2. The minimum Gasteiger partial charge on any atom is -0.460 e. The third-order valence-corrected chi connectivity index (χ3v) is 4.81. The number of esters is 1. The highest BCUT2D eigenvalue weighted by Crippen LogP contribution is 2.33. The third kappa shape index (κ3) is 3.44. The van der Waals surface area contributed by atoms with Crippen molar-refractivity contribution >= 4 is 39.1 Å². The summed E-state index contributed by atoms with van der Waals surface area (Å²) in [5, 5.41) is 23.4. The second-order valence-electron chi connectivity index (χ2n) is 6.57. The summed E-state index contributed by atoms with van der Waals surface area (Å²) in [5.74, 6) is -0.456. The first-order chi connectivity index (χ1) is 14.5. The Labute approximate surface area is 169 Å². The van der Waals surface area contributed by atoms with Crippen molar-refractivity contribution in [2.45, 2.75) is 6.54 Å². The Morgan fingerprint density at radius 2 is 1.37 bits per heavy atom. The molecule has 0 radical (unpaired) electrons. The molecule has 0 aliphatic rings. The summed E-state index contributed by atoms with van der Waals surface area (Å²) in [7, 11) is 0. The van der Waals surface area contributed by atoms with Crippen LogP contribution in [0.5, 0.6) is 0 Å². The quantitative estimate of drug-likeness (QED) is 0.265. The van der Waals surface area contributed by atoms with Gasteiger partial charge in [0.1, 0.15) is 6.61 Å². The lowest BCUT2D eigenvalue weighted by atomic mass is 10.1. The molecule has 0 aliphatic heterocycles. The number of nitro benzene ring substituents is 2. The topological polar surface area (TPSA) is 118 Å². The largest absolute Gasteiger partial charge is 0.460 e. The summed E-state index contributed by atoms with van der Waals surface area (Å²) < 4.78 is 7.18. The van der Waals surface area contributed by atoms with Crippen molar-refractivity contribution < 1.29 is 19.4 Å². The monoisotopic (exact) mass is 405 g/mol. The van der Waals surface area contributed by atoms with Crippen molar-refractivity contribution in [3.63, 3.8) is 0 Å². The molecular weight excluding hydrogens is 390 g/mol. The molecule has 1 heterocycles. The number of nitro groups is 2. The number of aromatic nitrogens is 1. The Bertz CT molecular complexity index is 1230. The van der Waals surface area contributed by atoms with Crippen LogP contribution in [0.3, 0.4) is 0 Å². The molecule has 30 heavy (non-hydrogen) atoms. The summed E-state index contributed by atoms with van der Waals surface area (Å²) in [6.07, 6.45) is 0. The molecule has 4 rings (SSSR count). The SMILES string of the molecule is O=C(OCCn1c2ccc([N+](=O)[O-])cc2c2cc([N+](=O)[O-])ccc21)c1ccccc1. The highest BCUT2D eigenvalue weighted by atomic mass is 16.6. The molecule has 0 N–H and O–H groups in total. The molecule has 1 aromatic heterocycles. The Morgan fingerprint density at radius 3 is 1.87 bits per heavy atom. The fourth-order valence-electron chi connectivity index (χ4n) is 3.44. The van der Waals surface area contributed by atoms with Crippen LogP contribution in [0.4, 0.5) is 11.4 Å². The lowest BCUT2D eigenvalue weighted by Crippen LogP contribution is -2.11. The number of rotatable bonds is 6.